The molecule has 31 heavy (non-hydrogen) atoms. The van der Waals surface area contributed by atoms with Crippen LogP contribution in [0, 0.1) is 12.7 Å². The van der Waals surface area contributed by atoms with Crippen LogP contribution in [0.4, 0.5) is 4.39 Å². The number of hydrogen-bond acceptors (Lipinski definition) is 5. The Morgan fingerprint density at radius 1 is 1.10 bits per heavy atom. The number of imidazole rings is 1. The molecule has 0 aromatic carbocycles. The number of pyridine rings is 2. The van der Waals surface area contributed by atoms with E-state index in [2.05, 4.69) is 19.6 Å². The number of nitrogens with zero attached hydrogens (tertiary/aromatic N) is 6. The Kier molecular flexibility index (Phi) is 4.02. The van der Waals surface area contributed by atoms with Gasteiger partial charge in [-0.3, -0.25) is 0 Å². The highest BCUT2D eigenvalue weighted by atomic mass is 19.1. The maximum absolute atomic E-state index is 13.9. The minimum absolute atomic E-state index is 0.0152. The minimum atomic E-state index is -0.321. The summed E-state index contributed by atoms with van der Waals surface area (Å²) >= 11 is 0. The number of fused-ring (bicyclic) bond motifs is 3. The van der Waals surface area contributed by atoms with Crippen molar-refractivity contribution in [2.45, 2.75) is 57.1 Å². The Bertz CT molecular complexity index is 1300. The first-order valence-corrected chi connectivity index (χ1v) is 10.8. The molecule has 0 atom stereocenters. The highest BCUT2D eigenvalue weighted by Gasteiger charge is 2.45. The highest BCUT2D eigenvalue weighted by molar-refractivity contribution is 5.78. The van der Waals surface area contributed by atoms with Gasteiger partial charge in [0.05, 0.1) is 23.2 Å². The van der Waals surface area contributed by atoms with E-state index < -0.39 is 0 Å². The number of hydrogen-bond donors (Lipinski definition) is 1. The van der Waals surface area contributed by atoms with Crippen molar-refractivity contribution in [3.8, 4) is 22.6 Å². The van der Waals surface area contributed by atoms with Crippen molar-refractivity contribution in [2.75, 3.05) is 0 Å². The highest BCUT2D eigenvalue weighted by Crippen LogP contribution is 2.49. The largest absolute Gasteiger partial charge is 0.393 e. The molecule has 2 aliphatic rings. The predicted octanol–water partition coefficient (Wildman–Crippen LogP) is 3.68. The van der Waals surface area contributed by atoms with Crippen molar-refractivity contribution >= 4 is 5.65 Å². The Hall–Kier alpha value is -3.13. The Labute approximate surface area is 178 Å². The van der Waals surface area contributed by atoms with Crippen LogP contribution in [0.1, 0.15) is 43.6 Å². The molecule has 0 saturated heterocycles. The van der Waals surface area contributed by atoms with E-state index in [1.54, 1.807) is 17.5 Å². The Morgan fingerprint density at radius 2 is 1.94 bits per heavy atom. The normalized spacial score (nSPS) is 23.0. The van der Waals surface area contributed by atoms with Gasteiger partial charge in [0.15, 0.2) is 5.65 Å². The average Bonchev–Trinajstić information content (AvgIpc) is 3.47. The summed E-state index contributed by atoms with van der Waals surface area (Å²) in [4.78, 5) is 13.9. The van der Waals surface area contributed by atoms with E-state index in [-0.39, 0.29) is 17.3 Å². The third-order valence-electron chi connectivity index (χ3n) is 6.98. The average molecular weight is 418 g/mol. The Morgan fingerprint density at radius 3 is 2.74 bits per heavy atom. The molecule has 4 aromatic rings. The van der Waals surface area contributed by atoms with E-state index in [9.17, 15) is 9.50 Å². The van der Waals surface area contributed by atoms with Crippen LogP contribution >= 0.6 is 0 Å². The van der Waals surface area contributed by atoms with Gasteiger partial charge in [-0.15, -0.1) is 0 Å². The molecule has 0 amide bonds. The van der Waals surface area contributed by atoms with E-state index in [0.717, 1.165) is 67.1 Å². The molecular formula is C23H23FN6O. The standard InChI is InChI=1S/C23H23FN6O/c1-14-17(24)3-4-18(27-14)20-21(15-2-5-19-25-13-26-30(19)12-15)29-11-10-23(22(29)28-20)8-6-16(31)7-9-23/h2-5,12-13,16,31H,6-11H2,1H3. The summed E-state index contributed by atoms with van der Waals surface area (Å²) in [5.74, 6) is 0.741. The van der Waals surface area contributed by atoms with E-state index >= 15 is 0 Å². The topological polar surface area (TPSA) is 81.1 Å². The maximum Gasteiger partial charge on any atom is 0.155 e. The summed E-state index contributed by atoms with van der Waals surface area (Å²) in [6, 6.07) is 7.13. The van der Waals surface area contributed by atoms with Gasteiger partial charge in [-0.25, -0.2) is 23.9 Å². The molecule has 158 valence electrons. The van der Waals surface area contributed by atoms with Gasteiger partial charge in [-0.05, 0) is 63.3 Å². The molecule has 1 N–H and O–H groups in total. The molecule has 1 aliphatic heterocycles. The summed E-state index contributed by atoms with van der Waals surface area (Å²) in [7, 11) is 0. The van der Waals surface area contributed by atoms with Crippen LogP contribution in [0.2, 0.25) is 0 Å². The molecule has 5 heterocycles. The van der Waals surface area contributed by atoms with Gasteiger partial charge in [0, 0.05) is 23.7 Å². The molecule has 0 radical (unpaired) electrons. The monoisotopic (exact) mass is 418 g/mol. The molecule has 8 heteroatoms. The molecule has 4 aromatic heterocycles. The summed E-state index contributed by atoms with van der Waals surface area (Å²) < 4.78 is 18.0. The summed E-state index contributed by atoms with van der Waals surface area (Å²) in [5, 5.41) is 14.4. The van der Waals surface area contributed by atoms with Gasteiger partial charge in [-0.2, -0.15) is 5.10 Å². The zero-order chi connectivity index (χ0) is 21.2. The lowest BCUT2D eigenvalue weighted by molar-refractivity contribution is 0.0942. The van der Waals surface area contributed by atoms with Crippen LogP contribution in [-0.4, -0.2) is 40.3 Å². The van der Waals surface area contributed by atoms with Crippen molar-refractivity contribution in [1.82, 2.24) is 29.1 Å². The van der Waals surface area contributed by atoms with Gasteiger partial charge in [0.1, 0.15) is 23.7 Å². The van der Waals surface area contributed by atoms with Gasteiger partial charge >= 0.3 is 0 Å². The number of rotatable bonds is 2. The molecule has 0 unspecified atom stereocenters. The van der Waals surface area contributed by atoms with E-state index in [1.165, 1.54) is 12.4 Å². The minimum Gasteiger partial charge on any atom is -0.393 e. The fourth-order valence-electron chi connectivity index (χ4n) is 5.25. The zero-order valence-corrected chi connectivity index (χ0v) is 17.3. The number of aliphatic hydroxyl groups excluding tert-OH is 1. The lowest BCUT2D eigenvalue weighted by Gasteiger charge is -2.34. The van der Waals surface area contributed by atoms with Crippen molar-refractivity contribution in [3.63, 3.8) is 0 Å². The van der Waals surface area contributed by atoms with Crippen LogP contribution < -0.4 is 0 Å². The van der Waals surface area contributed by atoms with Gasteiger partial charge < -0.3 is 9.67 Å². The van der Waals surface area contributed by atoms with Crippen molar-refractivity contribution in [2.24, 2.45) is 0 Å². The number of aliphatic hydroxyl groups is 1. The fourth-order valence-corrected chi connectivity index (χ4v) is 5.25. The first kappa shape index (κ1) is 18.6. The smallest absolute Gasteiger partial charge is 0.155 e. The molecule has 7 nitrogen and oxygen atoms in total. The summed E-state index contributed by atoms with van der Waals surface area (Å²) in [6.07, 6.45) is 7.77. The third kappa shape index (κ3) is 2.81. The van der Waals surface area contributed by atoms with Gasteiger partial charge in [0.25, 0.3) is 0 Å². The van der Waals surface area contributed by atoms with Crippen molar-refractivity contribution in [1.29, 1.82) is 0 Å². The third-order valence-corrected chi connectivity index (χ3v) is 6.98. The molecule has 1 fully saturated rings. The maximum atomic E-state index is 13.9. The van der Waals surface area contributed by atoms with E-state index in [1.807, 2.05) is 18.3 Å². The summed E-state index contributed by atoms with van der Waals surface area (Å²) in [6.45, 7) is 2.54. The van der Waals surface area contributed by atoms with Gasteiger partial charge in [-0.1, -0.05) is 0 Å². The molecule has 6 rings (SSSR count). The lowest BCUT2D eigenvalue weighted by atomic mass is 9.72. The van der Waals surface area contributed by atoms with Crippen LogP contribution in [0.15, 0.2) is 36.8 Å². The second kappa shape index (κ2) is 6.68. The predicted molar refractivity (Wildman–Crippen MR) is 113 cm³/mol. The second-order valence-corrected chi connectivity index (χ2v) is 8.79. The lowest BCUT2D eigenvalue weighted by Crippen LogP contribution is -2.32. The molecule has 1 aliphatic carbocycles. The van der Waals surface area contributed by atoms with E-state index in [0.29, 0.717) is 11.4 Å². The van der Waals surface area contributed by atoms with Crippen LogP contribution in [0.5, 0.6) is 0 Å². The van der Waals surface area contributed by atoms with Gasteiger partial charge in [0.2, 0.25) is 0 Å². The molecular weight excluding hydrogens is 395 g/mol. The Balaban J connectivity index is 1.57. The zero-order valence-electron chi connectivity index (χ0n) is 17.3. The number of aromatic nitrogens is 6. The number of aryl methyl sites for hydroxylation is 1. The first-order chi connectivity index (χ1) is 15.0. The molecule has 0 bridgehead atoms. The van der Waals surface area contributed by atoms with Crippen LogP contribution in [0.3, 0.4) is 0 Å². The van der Waals surface area contributed by atoms with Crippen molar-refractivity contribution < 1.29 is 9.50 Å². The van der Waals surface area contributed by atoms with E-state index in [4.69, 9.17) is 4.98 Å². The summed E-state index contributed by atoms with van der Waals surface area (Å²) in [5.41, 5.74) is 4.51. The van der Waals surface area contributed by atoms with Crippen LogP contribution in [-0.2, 0) is 12.0 Å². The molecule has 1 saturated carbocycles. The van der Waals surface area contributed by atoms with Crippen LogP contribution in [0.25, 0.3) is 28.3 Å². The first-order valence-electron chi connectivity index (χ1n) is 10.8. The van der Waals surface area contributed by atoms with Crippen molar-refractivity contribution in [3.05, 3.63) is 54.1 Å². The number of halogens is 1. The second-order valence-electron chi connectivity index (χ2n) is 8.79. The quantitative estimate of drug-likeness (QED) is 0.537. The SMILES string of the molecule is Cc1nc(-c2nc3n(c2-c2ccc4ncnn4c2)CCC32CCC(O)CC2)ccc1F. The molecule has 1 spiro atoms. The fraction of sp³-hybridized carbons (Fsp3) is 0.391.